The highest BCUT2D eigenvalue weighted by Crippen LogP contribution is 2.39. The first-order chi connectivity index (χ1) is 22.0. The van der Waals surface area contributed by atoms with Gasteiger partial charge in [-0.1, -0.05) is 24.3 Å². The van der Waals surface area contributed by atoms with Crippen LogP contribution in [0.1, 0.15) is 44.7 Å². The zero-order chi connectivity index (χ0) is 32.4. The molecule has 1 aliphatic heterocycles. The number of fused-ring (bicyclic) bond motifs is 1. The number of pyridine rings is 1. The third-order valence-electron chi connectivity index (χ3n) is 7.78. The third-order valence-corrected chi connectivity index (χ3v) is 7.78. The van der Waals surface area contributed by atoms with E-state index in [1.807, 2.05) is 90.3 Å². The summed E-state index contributed by atoms with van der Waals surface area (Å²) >= 11 is 0. The summed E-state index contributed by atoms with van der Waals surface area (Å²) < 4.78 is 14.0. The fraction of sp³-hybridized carbons (Fsp3) is 0.343. The summed E-state index contributed by atoms with van der Waals surface area (Å²) in [6.45, 7) is 10.9. The summed E-state index contributed by atoms with van der Waals surface area (Å²) in [7, 11) is 1.91. The number of ether oxygens (including phenoxy) is 2. The van der Waals surface area contributed by atoms with Crippen LogP contribution in [0.5, 0.6) is 11.6 Å². The number of amides is 1. The van der Waals surface area contributed by atoms with E-state index in [1.165, 1.54) is 0 Å². The second-order valence-electron chi connectivity index (χ2n) is 12.7. The molecule has 3 aromatic heterocycles. The van der Waals surface area contributed by atoms with E-state index in [9.17, 15) is 4.79 Å². The number of hydrogen-bond acceptors (Lipinski definition) is 9. The summed E-state index contributed by atoms with van der Waals surface area (Å²) in [5.41, 5.74) is 3.84. The number of anilines is 3. The molecular formula is C35H40N8O3. The first-order valence-corrected chi connectivity index (χ1v) is 15.5. The smallest absolute Gasteiger partial charge is 0.410 e. The number of nitrogens with zero attached hydrogens (tertiary/aromatic N) is 6. The van der Waals surface area contributed by atoms with E-state index >= 15 is 0 Å². The molecule has 1 amide bonds. The van der Waals surface area contributed by atoms with Gasteiger partial charge in [0.1, 0.15) is 11.4 Å². The van der Waals surface area contributed by atoms with Crippen molar-refractivity contribution in [3.05, 3.63) is 78.2 Å². The van der Waals surface area contributed by atoms with Crippen LogP contribution in [0.2, 0.25) is 0 Å². The number of nitrogens with one attached hydrogen (secondary N) is 2. The molecule has 2 aromatic carbocycles. The monoisotopic (exact) mass is 620 g/mol. The van der Waals surface area contributed by atoms with Gasteiger partial charge in [-0.3, -0.25) is 4.68 Å². The second kappa shape index (κ2) is 12.7. The van der Waals surface area contributed by atoms with Crippen molar-refractivity contribution >= 4 is 34.3 Å². The van der Waals surface area contributed by atoms with Crippen LogP contribution in [0.3, 0.4) is 0 Å². The Kier molecular flexibility index (Phi) is 8.48. The van der Waals surface area contributed by atoms with Gasteiger partial charge in [-0.05, 0) is 77.3 Å². The molecule has 6 rings (SSSR count). The first kappa shape index (κ1) is 30.8. The van der Waals surface area contributed by atoms with Gasteiger partial charge in [-0.15, -0.1) is 0 Å². The number of aryl methyl sites for hydroxylation is 3. The number of likely N-dealkylation sites (tertiary alicyclic amines) is 1. The summed E-state index contributed by atoms with van der Waals surface area (Å²) in [5.74, 6) is 2.44. The maximum absolute atomic E-state index is 12.7. The van der Waals surface area contributed by atoms with E-state index in [1.54, 1.807) is 22.0 Å². The van der Waals surface area contributed by atoms with Crippen molar-refractivity contribution < 1.29 is 14.3 Å². The Hall–Kier alpha value is -5.19. The molecule has 0 spiro atoms. The highest BCUT2D eigenvalue weighted by atomic mass is 16.6. The van der Waals surface area contributed by atoms with Crippen LogP contribution in [0.25, 0.3) is 22.0 Å². The van der Waals surface area contributed by atoms with Crippen LogP contribution in [-0.2, 0) is 11.8 Å². The molecular weight excluding hydrogens is 580 g/mol. The van der Waals surface area contributed by atoms with Crippen LogP contribution < -0.4 is 15.4 Å². The molecule has 1 atom stereocenters. The van der Waals surface area contributed by atoms with Gasteiger partial charge in [0, 0.05) is 66.8 Å². The van der Waals surface area contributed by atoms with Crippen molar-refractivity contribution in [1.29, 1.82) is 0 Å². The van der Waals surface area contributed by atoms with Gasteiger partial charge in [0.2, 0.25) is 11.8 Å². The van der Waals surface area contributed by atoms with Gasteiger partial charge in [0.05, 0.1) is 11.3 Å². The van der Waals surface area contributed by atoms with Crippen molar-refractivity contribution in [2.24, 2.45) is 7.05 Å². The van der Waals surface area contributed by atoms with Crippen molar-refractivity contribution in [1.82, 2.24) is 29.6 Å². The zero-order valence-electron chi connectivity index (χ0n) is 27.2. The molecule has 5 aromatic rings. The number of aromatic nitrogens is 5. The lowest BCUT2D eigenvalue weighted by Gasteiger charge is -2.34. The molecule has 11 heteroatoms. The number of carbonyl (C=O) groups excluding carboxylic acids is 1. The van der Waals surface area contributed by atoms with Gasteiger partial charge in [-0.25, -0.2) is 19.7 Å². The van der Waals surface area contributed by atoms with E-state index < -0.39 is 5.60 Å². The highest BCUT2D eigenvalue weighted by molar-refractivity contribution is 5.99. The number of piperidine rings is 1. The lowest BCUT2D eigenvalue weighted by molar-refractivity contribution is 0.0206. The first-order valence-electron chi connectivity index (χ1n) is 15.5. The minimum absolute atomic E-state index is 0.00264. The average Bonchev–Trinajstić information content (AvgIpc) is 3.34. The molecule has 11 nitrogen and oxygen atoms in total. The topological polar surface area (TPSA) is 119 Å². The van der Waals surface area contributed by atoms with Crippen LogP contribution >= 0.6 is 0 Å². The Labute approximate surface area is 269 Å². The molecule has 1 unspecified atom stereocenters. The SMILES string of the molecule is Cc1cn(C)nc1Nc1cccc2c(Oc3ncccc3-c3ccnc(NC4CCCN(C(=O)OC(C)(C)C)C4)n3)c(C)ccc12. The standard InChI is InChI=1S/C35H40N8O3/c1-22-14-15-25-26(11-7-13-28(25)39-31-23(2)20-42(6)41-31)30(22)45-32-27(12-8-17-36-32)29-16-18-37-33(40-29)38-24-10-9-19-43(21-24)34(44)46-35(3,4)5/h7-8,11-18,20,24H,9-10,19,21H2,1-6H3,(H,39,41)(H,37,38,40). The summed E-state index contributed by atoms with van der Waals surface area (Å²) in [4.78, 5) is 28.3. The van der Waals surface area contributed by atoms with Crippen molar-refractivity contribution in [3.63, 3.8) is 0 Å². The molecule has 0 saturated carbocycles. The third kappa shape index (κ3) is 6.88. The zero-order valence-corrected chi connectivity index (χ0v) is 27.2. The largest absolute Gasteiger partial charge is 0.444 e. The Morgan fingerprint density at radius 1 is 0.978 bits per heavy atom. The number of benzene rings is 2. The van der Waals surface area contributed by atoms with E-state index in [2.05, 4.69) is 31.8 Å². The average molecular weight is 621 g/mol. The van der Waals surface area contributed by atoms with Crippen LogP contribution in [0.15, 0.2) is 67.1 Å². The summed E-state index contributed by atoms with van der Waals surface area (Å²) in [6.07, 6.45) is 6.87. The molecule has 4 heterocycles. The minimum Gasteiger partial charge on any atom is -0.444 e. The molecule has 0 aliphatic carbocycles. The molecule has 1 saturated heterocycles. The molecule has 46 heavy (non-hydrogen) atoms. The van der Waals surface area contributed by atoms with Crippen LogP contribution in [0, 0.1) is 13.8 Å². The molecule has 1 fully saturated rings. The summed E-state index contributed by atoms with van der Waals surface area (Å²) in [6, 6.07) is 15.9. The Balaban J connectivity index is 1.25. The van der Waals surface area contributed by atoms with Gasteiger partial charge >= 0.3 is 6.09 Å². The fourth-order valence-electron chi connectivity index (χ4n) is 5.65. The lowest BCUT2D eigenvalue weighted by atomic mass is 10.0. The van der Waals surface area contributed by atoms with E-state index in [0.29, 0.717) is 30.6 Å². The number of hydrogen-bond donors (Lipinski definition) is 2. The van der Waals surface area contributed by atoms with Gasteiger partial charge in [-0.2, -0.15) is 5.10 Å². The van der Waals surface area contributed by atoms with E-state index in [-0.39, 0.29) is 12.1 Å². The van der Waals surface area contributed by atoms with Crippen molar-refractivity contribution in [3.8, 4) is 22.9 Å². The number of rotatable bonds is 7. The molecule has 0 bridgehead atoms. The molecule has 2 N–H and O–H groups in total. The van der Waals surface area contributed by atoms with Gasteiger partial charge < -0.3 is 25.0 Å². The highest BCUT2D eigenvalue weighted by Gasteiger charge is 2.28. The van der Waals surface area contributed by atoms with Crippen molar-refractivity contribution in [2.45, 2.75) is 59.1 Å². The van der Waals surface area contributed by atoms with Crippen LogP contribution in [0.4, 0.5) is 22.2 Å². The molecule has 1 aliphatic rings. The predicted octanol–water partition coefficient (Wildman–Crippen LogP) is 7.39. The maximum Gasteiger partial charge on any atom is 0.410 e. The molecule has 238 valence electrons. The minimum atomic E-state index is -0.541. The Morgan fingerprint density at radius 3 is 2.61 bits per heavy atom. The van der Waals surface area contributed by atoms with Crippen LogP contribution in [-0.4, -0.2) is 60.5 Å². The Morgan fingerprint density at radius 2 is 1.83 bits per heavy atom. The van der Waals surface area contributed by atoms with E-state index in [0.717, 1.165) is 57.6 Å². The molecule has 0 radical (unpaired) electrons. The van der Waals surface area contributed by atoms with E-state index in [4.69, 9.17) is 14.5 Å². The quantitative estimate of drug-likeness (QED) is 0.192. The predicted molar refractivity (Wildman–Crippen MR) is 180 cm³/mol. The summed E-state index contributed by atoms with van der Waals surface area (Å²) in [5, 5.41) is 13.4. The van der Waals surface area contributed by atoms with Gasteiger partial charge in [0.15, 0.2) is 5.82 Å². The second-order valence-corrected chi connectivity index (χ2v) is 12.7. The lowest BCUT2D eigenvalue weighted by Crippen LogP contribution is -2.47. The normalized spacial score (nSPS) is 15.1. The Bertz CT molecular complexity index is 1880. The van der Waals surface area contributed by atoms with Gasteiger partial charge in [0.25, 0.3) is 0 Å². The maximum atomic E-state index is 12.7. The fourth-order valence-corrected chi connectivity index (χ4v) is 5.65. The van der Waals surface area contributed by atoms with Crippen molar-refractivity contribution in [2.75, 3.05) is 23.7 Å². The number of carbonyl (C=O) groups is 1.